The number of hydrogen-bond acceptors (Lipinski definition) is 2. The second kappa shape index (κ2) is 16.2. The SMILES string of the molecule is Fc1cccc2c(-n3c4ccccc4c4ccc(-c5ccc(-c6cccc(N(c7ccccc7)c7ccc(-c8ccccc8)cc7)c6)c(-c6ccc7c(c6)oc6ccccc67)c5)cc43)cccc12. The fourth-order valence-corrected chi connectivity index (χ4v) is 10.2. The number of nitrogens with zero attached hydrogens (tertiary/aromatic N) is 2. The second-order valence-electron chi connectivity index (χ2n) is 17.4. The van der Waals surface area contributed by atoms with Gasteiger partial charge in [-0.05, 0) is 129 Å². The average Bonchev–Trinajstić information content (AvgIpc) is 3.94. The summed E-state index contributed by atoms with van der Waals surface area (Å²) in [6, 6.07) is 86.9. The third-order valence-corrected chi connectivity index (χ3v) is 13.5. The van der Waals surface area contributed by atoms with Gasteiger partial charge in [0.2, 0.25) is 0 Å². The Morgan fingerprint density at radius 2 is 0.868 bits per heavy atom. The molecular formula is C64H41FN2O. The second-order valence-corrected chi connectivity index (χ2v) is 17.4. The summed E-state index contributed by atoms with van der Waals surface area (Å²) in [4.78, 5) is 2.32. The highest BCUT2D eigenvalue weighted by atomic mass is 19.1. The molecule has 68 heavy (non-hydrogen) atoms. The first-order valence-electron chi connectivity index (χ1n) is 23.0. The van der Waals surface area contributed by atoms with E-state index in [1.165, 1.54) is 17.2 Å². The highest BCUT2D eigenvalue weighted by Crippen LogP contribution is 2.43. The van der Waals surface area contributed by atoms with Gasteiger partial charge >= 0.3 is 0 Å². The van der Waals surface area contributed by atoms with Crippen molar-refractivity contribution in [2.75, 3.05) is 4.90 Å². The third kappa shape index (κ3) is 6.65. The van der Waals surface area contributed by atoms with E-state index in [0.29, 0.717) is 5.39 Å². The molecule has 0 aliphatic heterocycles. The van der Waals surface area contributed by atoms with Crippen LogP contribution in [0.5, 0.6) is 0 Å². The molecule has 0 N–H and O–H groups in total. The molecule has 11 aromatic carbocycles. The average molecular weight is 873 g/mol. The summed E-state index contributed by atoms with van der Waals surface area (Å²) in [7, 11) is 0. The molecule has 0 fully saturated rings. The van der Waals surface area contributed by atoms with Crippen molar-refractivity contribution < 1.29 is 8.81 Å². The molecule has 2 aromatic heterocycles. The largest absolute Gasteiger partial charge is 0.456 e. The van der Waals surface area contributed by atoms with Crippen LogP contribution in [0, 0.1) is 5.82 Å². The Labute approximate surface area is 392 Å². The molecule has 0 amide bonds. The number of anilines is 3. The molecule has 0 bridgehead atoms. The molecule has 0 saturated heterocycles. The molecule has 320 valence electrons. The first-order chi connectivity index (χ1) is 33.6. The van der Waals surface area contributed by atoms with Crippen molar-refractivity contribution in [1.29, 1.82) is 0 Å². The molecule has 0 spiro atoms. The lowest BCUT2D eigenvalue weighted by atomic mass is 9.90. The molecular weight excluding hydrogens is 832 g/mol. The summed E-state index contributed by atoms with van der Waals surface area (Å²) in [5.41, 5.74) is 16.8. The van der Waals surface area contributed by atoms with Crippen molar-refractivity contribution in [3.05, 3.63) is 255 Å². The van der Waals surface area contributed by atoms with Gasteiger partial charge in [0.25, 0.3) is 0 Å². The zero-order chi connectivity index (χ0) is 45.1. The lowest BCUT2D eigenvalue weighted by Crippen LogP contribution is -2.09. The van der Waals surface area contributed by atoms with E-state index < -0.39 is 0 Å². The normalized spacial score (nSPS) is 11.6. The van der Waals surface area contributed by atoms with Crippen LogP contribution in [0.3, 0.4) is 0 Å². The molecule has 0 unspecified atom stereocenters. The summed E-state index contributed by atoms with van der Waals surface area (Å²) in [5.74, 6) is -0.227. The van der Waals surface area contributed by atoms with E-state index in [-0.39, 0.29) is 5.82 Å². The summed E-state index contributed by atoms with van der Waals surface area (Å²) in [6.07, 6.45) is 0. The standard InChI is InChI=1S/C64H41FN2O/c65-59-24-12-23-53-52(59)22-13-26-61(53)67-60-25-9-7-20-54(60)55-36-31-45(40-62(55)67)44-30-35-51(58(39-44)47-32-37-57-56-21-8-10-27-63(56)68-64(57)41-47)46-16-11-19-50(38-46)66(48-17-5-2-6-18-48)49-33-28-43(29-34-49)42-14-3-1-4-15-42/h1-41H. The van der Waals surface area contributed by atoms with E-state index in [4.69, 9.17) is 4.42 Å². The van der Waals surface area contributed by atoms with E-state index in [1.54, 1.807) is 6.07 Å². The van der Waals surface area contributed by atoms with Crippen LogP contribution in [-0.2, 0) is 0 Å². The van der Waals surface area contributed by atoms with Gasteiger partial charge in [0.05, 0.1) is 16.7 Å². The van der Waals surface area contributed by atoms with Gasteiger partial charge < -0.3 is 13.9 Å². The maximum Gasteiger partial charge on any atom is 0.136 e. The van der Waals surface area contributed by atoms with Gasteiger partial charge in [0, 0.05) is 49.4 Å². The predicted octanol–water partition coefficient (Wildman–Crippen LogP) is 18.1. The van der Waals surface area contributed by atoms with Gasteiger partial charge in [-0.15, -0.1) is 0 Å². The minimum absolute atomic E-state index is 0.227. The molecule has 0 aliphatic rings. The lowest BCUT2D eigenvalue weighted by molar-refractivity contribution is 0.640. The molecule has 2 heterocycles. The van der Waals surface area contributed by atoms with Gasteiger partial charge in [-0.2, -0.15) is 0 Å². The van der Waals surface area contributed by atoms with Crippen LogP contribution >= 0.6 is 0 Å². The fraction of sp³-hybridized carbons (Fsp3) is 0. The minimum atomic E-state index is -0.227. The minimum Gasteiger partial charge on any atom is -0.456 e. The molecule has 0 aliphatic carbocycles. The van der Waals surface area contributed by atoms with Crippen molar-refractivity contribution in [3.63, 3.8) is 0 Å². The van der Waals surface area contributed by atoms with E-state index in [2.05, 4.69) is 216 Å². The number of furan rings is 1. The highest BCUT2D eigenvalue weighted by Gasteiger charge is 2.20. The highest BCUT2D eigenvalue weighted by molar-refractivity contribution is 6.12. The van der Waals surface area contributed by atoms with Crippen LogP contribution < -0.4 is 4.90 Å². The van der Waals surface area contributed by atoms with Crippen LogP contribution in [0.15, 0.2) is 253 Å². The third-order valence-electron chi connectivity index (χ3n) is 13.5. The Kier molecular flexibility index (Phi) is 9.36. The van der Waals surface area contributed by atoms with Crippen molar-refractivity contribution in [2.45, 2.75) is 0 Å². The summed E-state index contributed by atoms with van der Waals surface area (Å²) in [5, 5.41) is 5.95. The topological polar surface area (TPSA) is 21.3 Å². The van der Waals surface area contributed by atoms with Gasteiger partial charge in [-0.25, -0.2) is 4.39 Å². The summed E-state index contributed by atoms with van der Waals surface area (Å²) < 4.78 is 24.1. The number of benzene rings is 11. The maximum absolute atomic E-state index is 15.3. The molecule has 13 rings (SSSR count). The molecule has 4 heteroatoms. The Balaban J connectivity index is 0.984. The molecule has 0 atom stereocenters. The summed E-state index contributed by atoms with van der Waals surface area (Å²) >= 11 is 0. The number of halogens is 1. The van der Waals surface area contributed by atoms with Crippen LogP contribution in [-0.4, -0.2) is 4.57 Å². The molecule has 13 aromatic rings. The van der Waals surface area contributed by atoms with Gasteiger partial charge in [0.15, 0.2) is 0 Å². The van der Waals surface area contributed by atoms with Crippen molar-refractivity contribution in [1.82, 2.24) is 4.57 Å². The lowest BCUT2D eigenvalue weighted by Gasteiger charge is -2.26. The maximum atomic E-state index is 15.3. The molecule has 0 saturated carbocycles. The Hall–Kier alpha value is -8.99. The fourth-order valence-electron chi connectivity index (χ4n) is 10.2. The number of aromatic nitrogens is 1. The summed E-state index contributed by atoms with van der Waals surface area (Å²) in [6.45, 7) is 0. The number of rotatable bonds is 8. The smallest absolute Gasteiger partial charge is 0.136 e. The zero-order valence-electron chi connectivity index (χ0n) is 36.9. The monoisotopic (exact) mass is 872 g/mol. The number of hydrogen-bond donors (Lipinski definition) is 0. The molecule has 3 nitrogen and oxygen atoms in total. The van der Waals surface area contributed by atoms with E-state index in [9.17, 15) is 0 Å². The molecule has 0 radical (unpaired) electrons. The van der Waals surface area contributed by atoms with Gasteiger partial charge in [-0.3, -0.25) is 0 Å². The Morgan fingerprint density at radius 3 is 1.74 bits per heavy atom. The van der Waals surface area contributed by atoms with E-state index in [1.807, 2.05) is 30.3 Å². The van der Waals surface area contributed by atoms with E-state index >= 15 is 4.39 Å². The van der Waals surface area contributed by atoms with Gasteiger partial charge in [0.1, 0.15) is 17.0 Å². The van der Waals surface area contributed by atoms with Crippen LogP contribution in [0.2, 0.25) is 0 Å². The first kappa shape index (κ1) is 39.4. The quantitative estimate of drug-likeness (QED) is 0.152. The van der Waals surface area contributed by atoms with Gasteiger partial charge in [-0.1, -0.05) is 164 Å². The van der Waals surface area contributed by atoms with Crippen molar-refractivity contribution >= 4 is 71.6 Å². The van der Waals surface area contributed by atoms with Crippen molar-refractivity contribution in [2.24, 2.45) is 0 Å². The first-order valence-corrected chi connectivity index (χ1v) is 23.0. The number of fused-ring (bicyclic) bond motifs is 7. The van der Waals surface area contributed by atoms with Crippen LogP contribution in [0.1, 0.15) is 0 Å². The van der Waals surface area contributed by atoms with Crippen LogP contribution in [0.25, 0.3) is 105 Å². The van der Waals surface area contributed by atoms with E-state index in [0.717, 1.165) is 105 Å². The number of para-hydroxylation sites is 3. The Bertz CT molecular complexity index is 4040. The zero-order valence-corrected chi connectivity index (χ0v) is 36.9. The van der Waals surface area contributed by atoms with Crippen molar-refractivity contribution in [3.8, 4) is 50.2 Å². The predicted molar refractivity (Wildman–Crippen MR) is 282 cm³/mol. The Morgan fingerprint density at radius 1 is 0.309 bits per heavy atom. The van der Waals surface area contributed by atoms with Crippen LogP contribution in [0.4, 0.5) is 21.5 Å².